The zero-order valence-electron chi connectivity index (χ0n) is 46.9. The first kappa shape index (κ1) is 50.3. The van der Waals surface area contributed by atoms with E-state index in [4.69, 9.17) is 0 Å². The van der Waals surface area contributed by atoms with Crippen LogP contribution in [-0.4, -0.2) is 0 Å². The van der Waals surface area contributed by atoms with E-state index in [0.717, 1.165) is 58.3 Å². The molecule has 2 heterocycles. The molecule has 14 rings (SSSR count). The number of allylic oxidation sites excluding steroid dienone is 3. The summed E-state index contributed by atoms with van der Waals surface area (Å²) in [5.41, 5.74) is 25.7. The van der Waals surface area contributed by atoms with Crippen LogP contribution in [0.25, 0.3) is 33.4 Å². The van der Waals surface area contributed by atoms with Gasteiger partial charge < -0.3 is 19.6 Å². The highest BCUT2D eigenvalue weighted by atomic mass is 15.2. The van der Waals surface area contributed by atoms with Gasteiger partial charge in [-0.15, -0.1) is 0 Å². The number of benzene rings is 11. The Hall–Kier alpha value is -9.90. The summed E-state index contributed by atoms with van der Waals surface area (Å²) in [6.07, 6.45) is 9.01. The van der Waals surface area contributed by atoms with Gasteiger partial charge in [0.05, 0.1) is 17.1 Å². The molecule has 82 heavy (non-hydrogen) atoms. The Balaban J connectivity index is 0.888. The molecule has 0 amide bonds. The van der Waals surface area contributed by atoms with Crippen LogP contribution in [0.3, 0.4) is 0 Å². The van der Waals surface area contributed by atoms with Crippen molar-refractivity contribution in [3.05, 3.63) is 319 Å². The van der Waals surface area contributed by atoms with Gasteiger partial charge in [0.15, 0.2) is 0 Å². The van der Waals surface area contributed by atoms with Gasteiger partial charge in [0.2, 0.25) is 0 Å². The lowest BCUT2D eigenvalue weighted by Crippen LogP contribution is -2.38. The Kier molecular flexibility index (Phi) is 12.7. The van der Waals surface area contributed by atoms with Crippen molar-refractivity contribution in [2.75, 3.05) is 19.6 Å². The molecule has 396 valence electrons. The molecule has 0 bridgehead atoms. The topological polar surface area (TPSA) is 13.0 Å². The highest BCUT2D eigenvalue weighted by Gasteiger charge is 2.46. The lowest BCUT2D eigenvalue weighted by Gasteiger charge is -2.50. The van der Waals surface area contributed by atoms with Crippen molar-refractivity contribution in [2.24, 2.45) is 0 Å². The first-order valence-corrected chi connectivity index (χ1v) is 28.8. The molecule has 11 aromatic rings. The quantitative estimate of drug-likeness (QED) is 0.121. The van der Waals surface area contributed by atoms with Crippen LogP contribution in [0.15, 0.2) is 297 Å². The van der Waals surface area contributed by atoms with E-state index < -0.39 is 0 Å². The Morgan fingerprint density at radius 2 is 0.598 bits per heavy atom. The second-order valence-corrected chi connectivity index (χ2v) is 22.9. The van der Waals surface area contributed by atoms with Gasteiger partial charge in [0.25, 0.3) is 0 Å². The van der Waals surface area contributed by atoms with Crippen LogP contribution in [-0.2, 0) is 10.8 Å². The predicted molar refractivity (Wildman–Crippen MR) is 346 cm³/mol. The van der Waals surface area contributed by atoms with Gasteiger partial charge in [-0.1, -0.05) is 179 Å². The largest absolute Gasteiger partial charge is 0.311 e. The van der Waals surface area contributed by atoms with Crippen LogP contribution in [0.1, 0.15) is 62.8 Å². The zero-order chi connectivity index (χ0) is 55.4. The van der Waals surface area contributed by atoms with Crippen molar-refractivity contribution < 1.29 is 0 Å². The number of hydrogen-bond donors (Lipinski definition) is 0. The molecular formula is C78H64N4. The average molecular weight is 1060 g/mol. The molecule has 4 nitrogen and oxygen atoms in total. The number of hydrogen-bond acceptors (Lipinski definition) is 4. The van der Waals surface area contributed by atoms with Crippen molar-refractivity contribution in [3.63, 3.8) is 0 Å². The molecule has 0 spiro atoms. The van der Waals surface area contributed by atoms with Crippen molar-refractivity contribution in [1.82, 2.24) is 0 Å². The summed E-state index contributed by atoms with van der Waals surface area (Å²) in [5.74, 6) is 0. The Morgan fingerprint density at radius 1 is 0.293 bits per heavy atom. The van der Waals surface area contributed by atoms with Gasteiger partial charge in [-0.2, -0.15) is 0 Å². The fourth-order valence-electron chi connectivity index (χ4n) is 12.9. The molecule has 0 saturated heterocycles. The SMILES string of the molecule is CC1(C)c2cc(-c3ccc(N(C4=CCCC=C4)c4ccccc4)cc3)ccc2N2c3ccc(-c4ccc(N(c5ccccc5)c5ccccc5)cc4)cc3C(C)(C)c3cc(-c4ccc(N(c5ccccc5)c5ccccc5)cc4)cc1c32. The van der Waals surface area contributed by atoms with E-state index in [9.17, 15) is 0 Å². The van der Waals surface area contributed by atoms with Crippen molar-refractivity contribution in [3.8, 4) is 33.4 Å². The standard InChI is InChI=1S/C78H64N4/c1-77(2)70-51-58(55-35-43-67(44-36-55)79(61-23-11-5-12-24-61)62-25-13-6-14-26-62)41-49-74(70)82-75-50-42-59(56-37-45-68(46-38-56)80(63-27-15-7-16-28-63)64-29-17-8-18-30-64)52-71(75)78(3,4)73-54-60(53-72(77)76(73)82)57-39-47-69(48-40-57)81(65-31-19-9-20-32-65)66-33-21-10-22-34-66/h5-7,9-17,19-54H,8,18H2,1-4H3. The molecule has 0 atom stereocenters. The van der Waals surface area contributed by atoms with Crippen LogP contribution in [0.5, 0.6) is 0 Å². The fourth-order valence-corrected chi connectivity index (χ4v) is 12.9. The van der Waals surface area contributed by atoms with Gasteiger partial charge in [0, 0.05) is 62.0 Å². The van der Waals surface area contributed by atoms with E-state index in [1.807, 2.05) is 0 Å². The van der Waals surface area contributed by atoms with Crippen LogP contribution in [0.2, 0.25) is 0 Å². The summed E-state index contributed by atoms with van der Waals surface area (Å²) in [4.78, 5) is 9.63. The molecule has 0 aromatic heterocycles. The van der Waals surface area contributed by atoms with E-state index in [1.54, 1.807) is 0 Å². The monoisotopic (exact) mass is 1060 g/mol. The van der Waals surface area contributed by atoms with Crippen LogP contribution in [0, 0.1) is 0 Å². The molecule has 0 fully saturated rings. The smallest absolute Gasteiger partial charge is 0.0544 e. The second kappa shape index (κ2) is 20.6. The van der Waals surface area contributed by atoms with Gasteiger partial charge >= 0.3 is 0 Å². The number of rotatable bonds is 12. The van der Waals surface area contributed by atoms with Gasteiger partial charge in [-0.25, -0.2) is 0 Å². The Labute approximate surface area is 483 Å². The minimum atomic E-state index is -0.358. The summed E-state index contributed by atoms with van der Waals surface area (Å²) >= 11 is 0. The van der Waals surface area contributed by atoms with Crippen molar-refractivity contribution >= 4 is 62.6 Å². The van der Waals surface area contributed by atoms with Crippen LogP contribution >= 0.6 is 0 Å². The third-order valence-electron chi connectivity index (χ3n) is 17.2. The maximum absolute atomic E-state index is 2.59. The first-order chi connectivity index (χ1) is 40.2. The van der Waals surface area contributed by atoms with E-state index in [1.165, 1.54) is 78.4 Å². The molecule has 2 aliphatic heterocycles. The average Bonchev–Trinajstić information content (AvgIpc) is 2.15. The molecule has 0 radical (unpaired) electrons. The molecule has 0 saturated carbocycles. The molecule has 4 heteroatoms. The highest BCUT2D eigenvalue weighted by Crippen LogP contribution is 2.61. The lowest BCUT2D eigenvalue weighted by molar-refractivity contribution is 0.598. The van der Waals surface area contributed by atoms with Gasteiger partial charge in [0.1, 0.15) is 0 Å². The van der Waals surface area contributed by atoms with E-state index >= 15 is 0 Å². The van der Waals surface area contributed by atoms with E-state index in [2.05, 4.69) is 339 Å². The summed E-state index contributed by atoms with van der Waals surface area (Å²) < 4.78 is 0. The highest BCUT2D eigenvalue weighted by molar-refractivity contribution is 5.96. The van der Waals surface area contributed by atoms with Crippen molar-refractivity contribution in [2.45, 2.75) is 51.4 Å². The summed E-state index contributed by atoms with van der Waals surface area (Å²) in [6.45, 7) is 9.74. The second-order valence-electron chi connectivity index (χ2n) is 22.9. The number of fused-ring (bicyclic) bond motifs is 4. The number of anilines is 11. The number of nitrogens with zero attached hydrogens (tertiary/aromatic N) is 4. The normalized spacial score (nSPS) is 14.2. The molecule has 3 aliphatic rings. The maximum Gasteiger partial charge on any atom is 0.0544 e. The Morgan fingerprint density at radius 3 is 0.951 bits per heavy atom. The minimum Gasteiger partial charge on any atom is -0.311 e. The van der Waals surface area contributed by atoms with Crippen molar-refractivity contribution in [1.29, 1.82) is 0 Å². The van der Waals surface area contributed by atoms with E-state index in [0.29, 0.717) is 0 Å². The third kappa shape index (κ3) is 8.88. The minimum absolute atomic E-state index is 0.355. The van der Waals surface area contributed by atoms with Gasteiger partial charge in [-0.3, -0.25) is 0 Å². The third-order valence-corrected chi connectivity index (χ3v) is 17.2. The molecule has 11 aromatic carbocycles. The van der Waals surface area contributed by atoms with Crippen LogP contribution in [0.4, 0.5) is 62.6 Å². The maximum atomic E-state index is 2.59. The predicted octanol–water partition coefficient (Wildman–Crippen LogP) is 21.7. The first-order valence-electron chi connectivity index (χ1n) is 28.8. The van der Waals surface area contributed by atoms with E-state index in [-0.39, 0.29) is 10.8 Å². The molecular weight excluding hydrogens is 993 g/mol. The van der Waals surface area contributed by atoms with Gasteiger partial charge in [-0.05, 0) is 208 Å². The molecule has 1 aliphatic carbocycles. The summed E-state index contributed by atoms with van der Waals surface area (Å²) in [7, 11) is 0. The molecule has 0 N–H and O–H groups in total. The summed E-state index contributed by atoms with van der Waals surface area (Å²) in [5, 5.41) is 0. The Bertz CT molecular complexity index is 4090. The number of para-hydroxylation sites is 5. The lowest BCUT2D eigenvalue weighted by atomic mass is 9.65. The molecule has 0 unspecified atom stereocenters. The zero-order valence-corrected chi connectivity index (χ0v) is 46.9. The fraction of sp³-hybridized carbons (Fsp3) is 0.103. The van der Waals surface area contributed by atoms with Crippen LogP contribution < -0.4 is 19.6 Å². The summed E-state index contributed by atoms with van der Waals surface area (Å²) in [6, 6.07) is 100.